The van der Waals surface area contributed by atoms with Gasteiger partial charge in [-0.1, -0.05) is 18.2 Å². The highest BCUT2D eigenvalue weighted by molar-refractivity contribution is 7.71. The van der Waals surface area contributed by atoms with Crippen molar-refractivity contribution in [2.45, 2.75) is 6.67 Å². The molecule has 32 heavy (non-hydrogen) atoms. The molecule has 3 aromatic carbocycles. The van der Waals surface area contributed by atoms with Crippen molar-refractivity contribution in [1.29, 1.82) is 0 Å². The van der Waals surface area contributed by atoms with Gasteiger partial charge in [0.2, 0.25) is 5.89 Å². The predicted octanol–water partition coefficient (Wildman–Crippen LogP) is 5.60. The lowest BCUT2D eigenvalue weighted by atomic mass is 10.1. The SMILES string of the molecule is COc1ccc(Nc2ccc(-c3nn(CNc4ccccc4)c(=S)o3)cc2[N+](=O)[O-])cc1. The topological polar surface area (TPSA) is 107 Å². The lowest BCUT2D eigenvalue weighted by Crippen LogP contribution is -2.09. The minimum atomic E-state index is -0.460. The number of para-hydroxylation sites is 1. The Hall–Kier alpha value is -4.18. The molecule has 0 bridgehead atoms. The number of nitro benzene ring substituents is 1. The number of hydrogen-bond donors (Lipinski definition) is 2. The second-order valence-electron chi connectivity index (χ2n) is 6.72. The highest BCUT2D eigenvalue weighted by atomic mass is 32.1. The molecule has 10 heteroatoms. The molecule has 1 aromatic heterocycles. The van der Waals surface area contributed by atoms with Gasteiger partial charge in [0.1, 0.15) is 18.1 Å². The molecule has 0 radical (unpaired) electrons. The molecule has 0 atom stereocenters. The second-order valence-corrected chi connectivity index (χ2v) is 7.07. The number of benzene rings is 3. The average Bonchev–Trinajstić information content (AvgIpc) is 3.19. The zero-order valence-corrected chi connectivity index (χ0v) is 17.8. The molecule has 0 saturated heterocycles. The molecule has 0 aliphatic rings. The molecule has 0 saturated carbocycles. The Morgan fingerprint density at radius 2 is 1.84 bits per heavy atom. The van der Waals surface area contributed by atoms with E-state index in [1.807, 2.05) is 30.3 Å². The highest BCUT2D eigenvalue weighted by Gasteiger charge is 2.18. The van der Waals surface area contributed by atoms with Gasteiger partial charge in [0.05, 0.1) is 12.0 Å². The van der Waals surface area contributed by atoms with Gasteiger partial charge in [0.15, 0.2) is 0 Å². The molecule has 0 aliphatic carbocycles. The van der Waals surface area contributed by atoms with E-state index in [9.17, 15) is 10.1 Å². The van der Waals surface area contributed by atoms with E-state index in [1.165, 1.54) is 10.7 Å². The van der Waals surface area contributed by atoms with E-state index in [0.717, 1.165) is 5.69 Å². The van der Waals surface area contributed by atoms with Crippen LogP contribution >= 0.6 is 12.2 Å². The number of aromatic nitrogens is 2. The fourth-order valence-electron chi connectivity index (χ4n) is 3.00. The fourth-order valence-corrected chi connectivity index (χ4v) is 3.18. The van der Waals surface area contributed by atoms with E-state index in [0.29, 0.717) is 29.4 Å². The molecule has 0 fully saturated rings. The minimum absolute atomic E-state index is 0.114. The first-order chi connectivity index (χ1) is 15.5. The fraction of sp³-hybridized carbons (Fsp3) is 0.0909. The van der Waals surface area contributed by atoms with Crippen LogP contribution in [0, 0.1) is 15.0 Å². The van der Waals surface area contributed by atoms with Gasteiger partial charge in [-0.05, 0) is 60.7 Å². The van der Waals surface area contributed by atoms with Crippen LogP contribution in [0.25, 0.3) is 11.5 Å². The van der Waals surface area contributed by atoms with Crippen LogP contribution in [0.5, 0.6) is 5.75 Å². The van der Waals surface area contributed by atoms with Crippen LogP contribution in [-0.4, -0.2) is 21.8 Å². The summed E-state index contributed by atoms with van der Waals surface area (Å²) in [6.07, 6.45) is 0. The van der Waals surface area contributed by atoms with Crippen molar-refractivity contribution in [3.8, 4) is 17.2 Å². The summed E-state index contributed by atoms with van der Waals surface area (Å²) in [6.45, 7) is 0.297. The standard InChI is InChI=1S/C22H19N5O4S/c1-30-18-10-8-17(9-11-18)24-19-12-7-15(13-20(19)27(28)29)21-25-26(22(32)31-21)14-23-16-5-3-2-4-6-16/h2-13,23-24H,14H2,1H3. The first-order valence-corrected chi connectivity index (χ1v) is 10.0. The normalized spacial score (nSPS) is 10.5. The summed E-state index contributed by atoms with van der Waals surface area (Å²) in [5.74, 6) is 0.892. The third-order valence-electron chi connectivity index (χ3n) is 4.62. The van der Waals surface area contributed by atoms with Gasteiger partial charge >= 0.3 is 0 Å². The minimum Gasteiger partial charge on any atom is -0.497 e. The average molecular weight is 449 g/mol. The smallest absolute Gasteiger partial charge is 0.293 e. The summed E-state index contributed by atoms with van der Waals surface area (Å²) in [4.78, 5) is 11.4. The lowest BCUT2D eigenvalue weighted by molar-refractivity contribution is -0.383. The summed E-state index contributed by atoms with van der Waals surface area (Å²) in [7, 11) is 1.57. The highest BCUT2D eigenvalue weighted by Crippen LogP contribution is 2.32. The zero-order valence-electron chi connectivity index (χ0n) is 17.0. The molecular formula is C22H19N5O4S. The summed E-state index contributed by atoms with van der Waals surface area (Å²) in [5.41, 5.74) is 2.27. The largest absolute Gasteiger partial charge is 0.497 e. The Bertz CT molecular complexity index is 1290. The van der Waals surface area contributed by atoms with Gasteiger partial charge in [-0.2, -0.15) is 0 Å². The van der Waals surface area contributed by atoms with Crippen LogP contribution in [0.4, 0.5) is 22.7 Å². The first kappa shape index (κ1) is 21.1. The molecule has 0 amide bonds. The summed E-state index contributed by atoms with van der Waals surface area (Å²) < 4.78 is 12.2. The van der Waals surface area contributed by atoms with Crippen LogP contribution in [0.3, 0.4) is 0 Å². The molecule has 4 aromatic rings. The van der Waals surface area contributed by atoms with Gasteiger partial charge < -0.3 is 19.8 Å². The number of anilines is 3. The van der Waals surface area contributed by atoms with E-state index >= 15 is 0 Å². The van der Waals surface area contributed by atoms with Gasteiger partial charge in [-0.25, -0.2) is 4.68 Å². The summed E-state index contributed by atoms with van der Waals surface area (Å²) in [6, 6.07) is 21.4. The molecule has 2 N–H and O–H groups in total. The molecule has 0 spiro atoms. The second kappa shape index (κ2) is 9.31. The van der Waals surface area contributed by atoms with Crippen molar-refractivity contribution in [3.63, 3.8) is 0 Å². The number of nitrogens with zero attached hydrogens (tertiary/aromatic N) is 3. The Kier molecular flexibility index (Phi) is 6.13. The van der Waals surface area contributed by atoms with E-state index < -0.39 is 4.92 Å². The quantitative estimate of drug-likeness (QED) is 0.203. The van der Waals surface area contributed by atoms with Crippen LogP contribution in [0.1, 0.15) is 0 Å². The molecule has 1 heterocycles. The van der Waals surface area contributed by atoms with Gasteiger partial charge in [0.25, 0.3) is 10.5 Å². The molecule has 9 nitrogen and oxygen atoms in total. The van der Waals surface area contributed by atoms with Crippen LogP contribution in [-0.2, 0) is 6.67 Å². The molecule has 4 rings (SSSR count). The lowest BCUT2D eigenvalue weighted by Gasteiger charge is -2.08. The van der Waals surface area contributed by atoms with Gasteiger partial charge in [-0.15, -0.1) is 5.10 Å². The first-order valence-electron chi connectivity index (χ1n) is 9.60. The third kappa shape index (κ3) is 4.76. The Balaban J connectivity index is 1.57. The van der Waals surface area contributed by atoms with Crippen molar-refractivity contribution >= 4 is 35.0 Å². The predicted molar refractivity (Wildman–Crippen MR) is 124 cm³/mol. The summed E-state index contributed by atoms with van der Waals surface area (Å²) >= 11 is 5.24. The van der Waals surface area contributed by atoms with E-state index in [-0.39, 0.29) is 16.4 Å². The van der Waals surface area contributed by atoms with E-state index in [1.54, 1.807) is 43.5 Å². The molecule has 0 aliphatic heterocycles. The van der Waals surface area contributed by atoms with Crippen molar-refractivity contribution < 1.29 is 14.1 Å². The van der Waals surface area contributed by atoms with Gasteiger partial charge in [-0.3, -0.25) is 10.1 Å². The zero-order chi connectivity index (χ0) is 22.5. The monoisotopic (exact) mass is 449 g/mol. The number of methoxy groups -OCH3 is 1. The number of ether oxygens (including phenoxy) is 1. The van der Waals surface area contributed by atoms with Crippen LogP contribution < -0.4 is 15.4 Å². The Labute approximate surface area is 188 Å². The summed E-state index contributed by atoms with van der Waals surface area (Å²) in [5, 5.41) is 22.3. The Morgan fingerprint density at radius 3 is 2.53 bits per heavy atom. The number of hydrogen-bond acceptors (Lipinski definition) is 8. The molecular weight excluding hydrogens is 430 g/mol. The van der Waals surface area contributed by atoms with Gasteiger partial charge in [0, 0.05) is 23.0 Å². The van der Waals surface area contributed by atoms with E-state index in [4.69, 9.17) is 21.4 Å². The maximum Gasteiger partial charge on any atom is 0.293 e. The molecule has 162 valence electrons. The van der Waals surface area contributed by atoms with Crippen molar-refractivity contribution in [3.05, 3.63) is 87.7 Å². The maximum atomic E-state index is 11.7. The van der Waals surface area contributed by atoms with Crippen LogP contribution in [0.15, 0.2) is 77.2 Å². The van der Waals surface area contributed by atoms with E-state index in [2.05, 4.69) is 15.7 Å². The van der Waals surface area contributed by atoms with Crippen molar-refractivity contribution in [2.75, 3.05) is 17.7 Å². The number of rotatable bonds is 8. The Morgan fingerprint density at radius 1 is 1.09 bits per heavy atom. The number of nitrogens with one attached hydrogen (secondary N) is 2. The van der Waals surface area contributed by atoms with Crippen molar-refractivity contribution in [2.24, 2.45) is 0 Å². The van der Waals surface area contributed by atoms with Crippen molar-refractivity contribution in [1.82, 2.24) is 9.78 Å². The maximum absolute atomic E-state index is 11.7. The molecule has 0 unspecified atom stereocenters. The number of nitro groups is 1. The van der Waals surface area contributed by atoms with Crippen LogP contribution in [0.2, 0.25) is 0 Å². The third-order valence-corrected chi connectivity index (χ3v) is 4.92.